The molecule has 0 bridgehead atoms. The molecule has 2 N–H and O–H groups in total. The number of rotatable bonds is 3. The van der Waals surface area contributed by atoms with Crippen LogP contribution in [-0.2, 0) is 0 Å². The molecule has 3 aromatic rings. The van der Waals surface area contributed by atoms with Gasteiger partial charge in [-0.25, -0.2) is 9.97 Å². The monoisotopic (exact) mass is 314 g/mol. The van der Waals surface area contributed by atoms with Crippen molar-refractivity contribution in [1.29, 1.82) is 0 Å². The maximum atomic E-state index is 4.56. The predicted octanol–water partition coefficient (Wildman–Crippen LogP) is 2.51. The fourth-order valence-electron chi connectivity index (χ4n) is 2.70. The Balaban J connectivity index is 1.58. The molecule has 22 heavy (non-hydrogen) atoms. The van der Waals surface area contributed by atoms with E-state index in [2.05, 4.69) is 55.3 Å². The topological polar surface area (TPSA) is 60.1 Å². The molecule has 1 saturated heterocycles. The molecule has 1 fully saturated rings. The number of H-pyrrole nitrogens is 1. The van der Waals surface area contributed by atoms with Crippen molar-refractivity contribution in [2.75, 3.05) is 43.4 Å². The van der Waals surface area contributed by atoms with Gasteiger partial charge in [0.15, 0.2) is 5.13 Å². The number of aromatic nitrogens is 3. The van der Waals surface area contributed by atoms with Crippen LogP contribution < -0.4 is 10.2 Å². The molecule has 6 nitrogen and oxygen atoms in total. The second-order valence-corrected chi connectivity index (χ2v) is 6.43. The van der Waals surface area contributed by atoms with Crippen LogP contribution in [0.4, 0.5) is 16.8 Å². The highest BCUT2D eigenvalue weighted by atomic mass is 32.1. The molecular formula is C15H18N6S. The molecule has 1 aromatic carbocycles. The lowest BCUT2D eigenvalue weighted by molar-refractivity contribution is 0.313. The Hall–Kier alpha value is -2.12. The van der Waals surface area contributed by atoms with Gasteiger partial charge >= 0.3 is 0 Å². The maximum absolute atomic E-state index is 4.56. The molecule has 7 heteroatoms. The summed E-state index contributed by atoms with van der Waals surface area (Å²) in [6, 6.07) is 6.41. The minimum absolute atomic E-state index is 0.737. The number of anilines is 3. The molecule has 0 amide bonds. The molecule has 1 aliphatic rings. The summed E-state index contributed by atoms with van der Waals surface area (Å²) in [5, 5.41) is 5.99. The van der Waals surface area contributed by atoms with Crippen LogP contribution in [0.15, 0.2) is 29.8 Å². The van der Waals surface area contributed by atoms with Crippen molar-refractivity contribution in [3.05, 3.63) is 29.8 Å². The zero-order chi connectivity index (χ0) is 14.9. The Morgan fingerprint density at radius 1 is 1.23 bits per heavy atom. The first-order valence-corrected chi connectivity index (χ1v) is 8.26. The van der Waals surface area contributed by atoms with Crippen LogP contribution in [0.25, 0.3) is 11.0 Å². The number of fused-ring (bicyclic) bond motifs is 1. The smallest absolute Gasteiger partial charge is 0.207 e. The second kappa shape index (κ2) is 5.58. The first-order chi connectivity index (χ1) is 10.8. The summed E-state index contributed by atoms with van der Waals surface area (Å²) in [5.41, 5.74) is 3.28. The van der Waals surface area contributed by atoms with Crippen molar-refractivity contribution in [3.8, 4) is 0 Å². The molecule has 0 saturated carbocycles. The minimum Gasteiger partial charge on any atom is -0.369 e. The molecule has 4 rings (SSSR count). The Bertz CT molecular complexity index is 758. The van der Waals surface area contributed by atoms with Gasteiger partial charge in [0, 0.05) is 43.4 Å². The van der Waals surface area contributed by atoms with Crippen LogP contribution in [0, 0.1) is 0 Å². The number of likely N-dealkylation sites (N-methyl/N-ethyl adjacent to an activating group) is 1. The second-order valence-electron chi connectivity index (χ2n) is 5.54. The largest absolute Gasteiger partial charge is 0.369 e. The summed E-state index contributed by atoms with van der Waals surface area (Å²) in [6.07, 6.45) is 1.78. The number of imidazole rings is 1. The van der Waals surface area contributed by atoms with Gasteiger partial charge in [0.05, 0.1) is 11.0 Å². The first kappa shape index (κ1) is 13.5. The predicted molar refractivity (Wildman–Crippen MR) is 91.2 cm³/mol. The molecule has 114 valence electrons. The van der Waals surface area contributed by atoms with Gasteiger partial charge in [-0.15, -0.1) is 11.3 Å². The van der Waals surface area contributed by atoms with E-state index in [9.17, 15) is 0 Å². The van der Waals surface area contributed by atoms with Crippen LogP contribution in [0.2, 0.25) is 0 Å². The van der Waals surface area contributed by atoms with Crippen molar-refractivity contribution in [2.24, 2.45) is 0 Å². The highest BCUT2D eigenvalue weighted by Crippen LogP contribution is 2.24. The molecule has 0 spiro atoms. The van der Waals surface area contributed by atoms with Crippen LogP contribution in [0.3, 0.4) is 0 Å². The number of nitrogens with zero attached hydrogens (tertiary/aromatic N) is 4. The van der Waals surface area contributed by atoms with Crippen molar-refractivity contribution >= 4 is 39.1 Å². The maximum Gasteiger partial charge on any atom is 0.207 e. The molecule has 0 aliphatic carbocycles. The lowest BCUT2D eigenvalue weighted by atomic mass is 10.2. The van der Waals surface area contributed by atoms with Gasteiger partial charge in [-0.2, -0.15) is 0 Å². The SMILES string of the molecule is CN1CCN(c2ccc3nc(Nc4nccs4)[nH]c3c2)CC1. The lowest BCUT2D eigenvalue weighted by Gasteiger charge is -2.34. The van der Waals surface area contributed by atoms with E-state index in [-0.39, 0.29) is 0 Å². The summed E-state index contributed by atoms with van der Waals surface area (Å²) in [4.78, 5) is 16.9. The Morgan fingerprint density at radius 3 is 2.86 bits per heavy atom. The fraction of sp³-hybridized carbons (Fsp3) is 0.333. The highest BCUT2D eigenvalue weighted by Gasteiger charge is 2.15. The Labute approximate surface area is 132 Å². The van der Waals surface area contributed by atoms with Gasteiger partial charge in [-0.05, 0) is 25.2 Å². The fourth-order valence-corrected chi connectivity index (χ4v) is 3.23. The third-order valence-corrected chi connectivity index (χ3v) is 4.68. The van der Waals surface area contributed by atoms with E-state index < -0.39 is 0 Å². The normalized spacial score (nSPS) is 16.3. The van der Waals surface area contributed by atoms with Crippen molar-refractivity contribution in [2.45, 2.75) is 0 Å². The summed E-state index contributed by atoms with van der Waals surface area (Å²) in [6.45, 7) is 4.36. The third kappa shape index (κ3) is 2.65. The van der Waals surface area contributed by atoms with Gasteiger partial charge in [0.25, 0.3) is 0 Å². The Morgan fingerprint density at radius 2 is 2.09 bits per heavy atom. The molecule has 3 heterocycles. The van der Waals surface area contributed by atoms with Crippen LogP contribution in [0.5, 0.6) is 0 Å². The molecule has 2 aromatic heterocycles. The zero-order valence-corrected chi connectivity index (χ0v) is 13.2. The summed E-state index contributed by atoms with van der Waals surface area (Å²) in [5.74, 6) is 0.737. The summed E-state index contributed by atoms with van der Waals surface area (Å²) < 4.78 is 0. The number of thiazole rings is 1. The van der Waals surface area contributed by atoms with E-state index in [0.29, 0.717) is 0 Å². The highest BCUT2D eigenvalue weighted by molar-refractivity contribution is 7.13. The van der Waals surface area contributed by atoms with E-state index >= 15 is 0 Å². The van der Waals surface area contributed by atoms with E-state index in [1.54, 1.807) is 17.5 Å². The number of hydrogen-bond acceptors (Lipinski definition) is 6. The quantitative estimate of drug-likeness (QED) is 0.778. The molecule has 0 atom stereocenters. The number of nitrogens with one attached hydrogen (secondary N) is 2. The van der Waals surface area contributed by atoms with Crippen LogP contribution >= 0.6 is 11.3 Å². The molecule has 0 unspecified atom stereocenters. The van der Waals surface area contributed by atoms with E-state index in [1.165, 1.54) is 5.69 Å². The Kier molecular flexibility index (Phi) is 3.44. The number of hydrogen-bond donors (Lipinski definition) is 2. The van der Waals surface area contributed by atoms with Gasteiger partial charge in [0.1, 0.15) is 0 Å². The van der Waals surface area contributed by atoms with Gasteiger partial charge in [-0.3, -0.25) is 0 Å². The van der Waals surface area contributed by atoms with E-state index in [4.69, 9.17) is 0 Å². The van der Waals surface area contributed by atoms with Crippen molar-refractivity contribution in [3.63, 3.8) is 0 Å². The molecule has 1 aliphatic heterocycles. The summed E-state index contributed by atoms with van der Waals surface area (Å²) >= 11 is 1.56. The number of aromatic amines is 1. The number of piperazine rings is 1. The molecule has 0 radical (unpaired) electrons. The third-order valence-electron chi connectivity index (χ3n) is 3.99. The van der Waals surface area contributed by atoms with Gasteiger partial charge in [-0.1, -0.05) is 0 Å². The molecular weight excluding hydrogens is 296 g/mol. The van der Waals surface area contributed by atoms with E-state index in [1.807, 2.05) is 5.38 Å². The van der Waals surface area contributed by atoms with E-state index in [0.717, 1.165) is 48.3 Å². The standard InChI is InChI=1S/C15H18N6S/c1-20-5-7-21(8-6-20)11-2-3-12-13(10-11)18-14(17-12)19-15-16-4-9-22-15/h2-4,9-10H,5-8H2,1H3,(H2,16,17,18,19). The average molecular weight is 314 g/mol. The average Bonchev–Trinajstić information content (AvgIpc) is 3.16. The van der Waals surface area contributed by atoms with Gasteiger partial charge in [0.2, 0.25) is 5.95 Å². The summed E-state index contributed by atoms with van der Waals surface area (Å²) in [7, 11) is 2.17. The first-order valence-electron chi connectivity index (χ1n) is 7.38. The number of benzene rings is 1. The van der Waals surface area contributed by atoms with Crippen LogP contribution in [0.1, 0.15) is 0 Å². The van der Waals surface area contributed by atoms with Crippen molar-refractivity contribution < 1.29 is 0 Å². The zero-order valence-electron chi connectivity index (χ0n) is 12.4. The minimum atomic E-state index is 0.737. The lowest BCUT2D eigenvalue weighted by Crippen LogP contribution is -2.44. The van der Waals surface area contributed by atoms with Crippen LogP contribution in [-0.4, -0.2) is 53.1 Å². The van der Waals surface area contributed by atoms with Crippen molar-refractivity contribution in [1.82, 2.24) is 19.9 Å². The van der Waals surface area contributed by atoms with Gasteiger partial charge < -0.3 is 20.1 Å².